The van der Waals surface area contributed by atoms with Crippen molar-refractivity contribution in [2.45, 2.75) is 19.8 Å². The molecule has 0 aliphatic carbocycles. The van der Waals surface area contributed by atoms with Gasteiger partial charge in [0.05, 0.1) is 5.69 Å². The lowest BCUT2D eigenvalue weighted by Crippen LogP contribution is -2.31. The number of benzene rings is 5. The molecular weight excluding hydrogens is 530 g/mol. The summed E-state index contributed by atoms with van der Waals surface area (Å²) in [6.07, 6.45) is 3.33. The molecule has 5 nitrogen and oxygen atoms in total. The van der Waals surface area contributed by atoms with Crippen LogP contribution in [0, 0.1) is 0 Å². The summed E-state index contributed by atoms with van der Waals surface area (Å²) in [6, 6.07) is 47.1. The van der Waals surface area contributed by atoms with Crippen LogP contribution in [0.2, 0.25) is 0 Å². The van der Waals surface area contributed by atoms with Gasteiger partial charge in [-0.3, -0.25) is 9.69 Å². The molecule has 1 aliphatic rings. The molecule has 1 fully saturated rings. The molecule has 5 aromatic rings. The maximum absolute atomic E-state index is 13.7. The van der Waals surface area contributed by atoms with Gasteiger partial charge in [0.15, 0.2) is 5.76 Å². The van der Waals surface area contributed by atoms with Gasteiger partial charge in [0, 0.05) is 23.6 Å². The maximum Gasteiger partial charge on any atom is 0.305 e. The number of carbonyl (C=O) groups excluding carboxylic acids is 1. The number of rotatable bonds is 9. The van der Waals surface area contributed by atoms with Crippen molar-refractivity contribution in [3.8, 4) is 0 Å². The molecule has 1 amide bonds. The first-order valence-electron chi connectivity index (χ1n) is 14.6. The Balaban J connectivity index is 1.30. The van der Waals surface area contributed by atoms with Crippen molar-refractivity contribution >= 4 is 40.8 Å². The van der Waals surface area contributed by atoms with Crippen LogP contribution in [0.25, 0.3) is 6.08 Å². The van der Waals surface area contributed by atoms with Gasteiger partial charge >= 0.3 is 6.02 Å². The number of anilines is 3. The topological polar surface area (TPSA) is 45.1 Å². The van der Waals surface area contributed by atoms with E-state index in [0.29, 0.717) is 19.0 Å². The van der Waals surface area contributed by atoms with Crippen LogP contribution in [0.3, 0.4) is 0 Å². The van der Waals surface area contributed by atoms with E-state index in [2.05, 4.69) is 66.4 Å². The van der Waals surface area contributed by atoms with Crippen LogP contribution in [-0.2, 0) is 22.4 Å². The number of ether oxygens (including phenoxy) is 1. The SMILES string of the molecule is CCc1ccccc1N=C1O/C(=C/c2ccc(N(c3ccccc3)c3ccccc3)cc2)C(=O)N1CCc1ccccc1. The Morgan fingerprint density at radius 1 is 0.698 bits per heavy atom. The molecule has 0 N–H and O–H groups in total. The summed E-state index contributed by atoms with van der Waals surface area (Å²) in [6.45, 7) is 2.56. The summed E-state index contributed by atoms with van der Waals surface area (Å²) in [5.41, 5.74) is 7.08. The van der Waals surface area contributed by atoms with E-state index in [4.69, 9.17) is 9.73 Å². The van der Waals surface area contributed by atoms with Crippen LogP contribution in [0.4, 0.5) is 22.7 Å². The third-order valence-corrected chi connectivity index (χ3v) is 7.42. The molecule has 0 bridgehead atoms. The molecule has 1 heterocycles. The smallest absolute Gasteiger partial charge is 0.305 e. The molecule has 0 aromatic heterocycles. The average Bonchev–Trinajstić information content (AvgIpc) is 3.35. The third kappa shape index (κ3) is 6.41. The van der Waals surface area contributed by atoms with Crippen LogP contribution in [-0.4, -0.2) is 23.4 Å². The lowest BCUT2D eigenvalue weighted by Gasteiger charge is -2.25. The van der Waals surface area contributed by atoms with Crippen LogP contribution in [0.5, 0.6) is 0 Å². The van der Waals surface area contributed by atoms with Crippen LogP contribution < -0.4 is 4.90 Å². The molecule has 1 aliphatic heterocycles. The quantitative estimate of drug-likeness (QED) is 0.168. The summed E-state index contributed by atoms with van der Waals surface area (Å²) >= 11 is 0. The number of carbonyl (C=O) groups is 1. The molecule has 5 heteroatoms. The minimum Gasteiger partial charge on any atom is -0.419 e. The lowest BCUT2D eigenvalue weighted by molar-refractivity contribution is -0.122. The second-order valence-electron chi connectivity index (χ2n) is 10.3. The Morgan fingerprint density at radius 2 is 1.26 bits per heavy atom. The maximum atomic E-state index is 13.7. The monoisotopic (exact) mass is 563 g/mol. The molecule has 212 valence electrons. The number of aliphatic imine (C=N–C) groups is 1. The normalized spacial score (nSPS) is 14.7. The molecule has 0 radical (unpaired) electrons. The number of hydrogen-bond acceptors (Lipinski definition) is 4. The Hall–Kier alpha value is -5.42. The summed E-state index contributed by atoms with van der Waals surface area (Å²) in [7, 11) is 0. The van der Waals surface area contributed by atoms with E-state index >= 15 is 0 Å². The van der Waals surface area contributed by atoms with Gasteiger partial charge < -0.3 is 9.64 Å². The zero-order chi connectivity index (χ0) is 29.4. The molecule has 0 unspecified atom stereocenters. The predicted molar refractivity (Wildman–Crippen MR) is 175 cm³/mol. The van der Waals surface area contributed by atoms with Crippen molar-refractivity contribution < 1.29 is 9.53 Å². The van der Waals surface area contributed by atoms with E-state index in [0.717, 1.165) is 45.9 Å². The minimum atomic E-state index is -0.192. The number of hydrogen-bond donors (Lipinski definition) is 0. The van der Waals surface area contributed by atoms with Crippen molar-refractivity contribution in [3.63, 3.8) is 0 Å². The van der Waals surface area contributed by atoms with Crippen molar-refractivity contribution in [2.24, 2.45) is 4.99 Å². The average molecular weight is 564 g/mol. The number of nitrogens with zero attached hydrogens (tertiary/aromatic N) is 3. The van der Waals surface area contributed by atoms with E-state index < -0.39 is 0 Å². The molecule has 5 aromatic carbocycles. The molecule has 6 rings (SSSR count). The fraction of sp³-hybridized carbons (Fsp3) is 0.105. The number of para-hydroxylation sites is 3. The number of amidine groups is 1. The van der Waals surface area contributed by atoms with Gasteiger partial charge in [-0.2, -0.15) is 4.99 Å². The Morgan fingerprint density at radius 3 is 1.88 bits per heavy atom. The van der Waals surface area contributed by atoms with E-state index in [1.54, 1.807) is 11.0 Å². The lowest BCUT2D eigenvalue weighted by atomic mass is 10.1. The van der Waals surface area contributed by atoms with E-state index in [1.165, 1.54) is 0 Å². The summed E-state index contributed by atoms with van der Waals surface area (Å²) in [5.74, 6) is 0.0689. The largest absolute Gasteiger partial charge is 0.419 e. The van der Waals surface area contributed by atoms with Crippen molar-refractivity contribution in [2.75, 3.05) is 11.4 Å². The highest BCUT2D eigenvalue weighted by atomic mass is 16.5. The van der Waals surface area contributed by atoms with E-state index in [1.807, 2.05) is 84.9 Å². The van der Waals surface area contributed by atoms with Gasteiger partial charge in [-0.1, -0.05) is 104 Å². The number of aryl methyl sites for hydroxylation is 1. The zero-order valence-corrected chi connectivity index (χ0v) is 24.1. The van der Waals surface area contributed by atoms with Gasteiger partial charge in [0.25, 0.3) is 5.91 Å². The highest BCUT2D eigenvalue weighted by Gasteiger charge is 2.34. The standard InChI is InChI=1S/C38H33N3O2/c1-2-31-16-12-13-21-35(31)39-38-40(27-26-29-14-6-3-7-15-29)37(42)36(43-38)28-30-22-24-34(25-23-30)41(32-17-8-4-9-18-32)33-19-10-5-11-20-33/h3-25,28H,2,26-27H2,1H3/b36-28+,39-38?. The van der Waals surface area contributed by atoms with Crippen LogP contribution >= 0.6 is 0 Å². The van der Waals surface area contributed by atoms with Crippen molar-refractivity contribution in [1.29, 1.82) is 0 Å². The molecule has 0 saturated carbocycles. The van der Waals surface area contributed by atoms with Crippen LogP contribution in [0.1, 0.15) is 23.6 Å². The summed E-state index contributed by atoms with van der Waals surface area (Å²) < 4.78 is 6.18. The van der Waals surface area contributed by atoms with Gasteiger partial charge in [-0.05, 0) is 78.1 Å². The predicted octanol–water partition coefficient (Wildman–Crippen LogP) is 8.85. The molecule has 1 saturated heterocycles. The van der Waals surface area contributed by atoms with Crippen molar-refractivity contribution in [1.82, 2.24) is 4.90 Å². The second kappa shape index (κ2) is 13.0. The van der Waals surface area contributed by atoms with E-state index in [9.17, 15) is 4.79 Å². The first kappa shape index (κ1) is 27.7. The van der Waals surface area contributed by atoms with Crippen molar-refractivity contribution in [3.05, 3.63) is 162 Å². The first-order valence-corrected chi connectivity index (χ1v) is 14.6. The molecule has 0 atom stereocenters. The Bertz CT molecular complexity index is 1690. The third-order valence-electron chi connectivity index (χ3n) is 7.42. The second-order valence-corrected chi connectivity index (χ2v) is 10.3. The van der Waals surface area contributed by atoms with Gasteiger partial charge in [-0.15, -0.1) is 0 Å². The molecular formula is C38H33N3O2. The highest BCUT2D eigenvalue weighted by Crippen LogP contribution is 2.34. The van der Waals surface area contributed by atoms with Gasteiger partial charge in [-0.25, -0.2) is 0 Å². The van der Waals surface area contributed by atoms with Crippen LogP contribution in [0.15, 0.2) is 150 Å². The minimum absolute atomic E-state index is 0.192. The van der Waals surface area contributed by atoms with E-state index in [-0.39, 0.29) is 11.7 Å². The number of amides is 1. The zero-order valence-electron chi connectivity index (χ0n) is 24.1. The summed E-state index contributed by atoms with van der Waals surface area (Å²) in [4.78, 5) is 22.3. The summed E-state index contributed by atoms with van der Waals surface area (Å²) in [5, 5.41) is 0. The fourth-order valence-electron chi connectivity index (χ4n) is 5.17. The fourth-order valence-corrected chi connectivity index (χ4v) is 5.17. The highest BCUT2D eigenvalue weighted by molar-refractivity contribution is 6.11. The molecule has 43 heavy (non-hydrogen) atoms. The molecule has 0 spiro atoms. The first-order chi connectivity index (χ1) is 21.2. The Kier molecular flexibility index (Phi) is 8.41. The van der Waals surface area contributed by atoms with Gasteiger partial charge in [0.1, 0.15) is 0 Å². The Labute approximate surface area is 253 Å². The van der Waals surface area contributed by atoms with Gasteiger partial charge in [0.2, 0.25) is 0 Å².